The van der Waals surface area contributed by atoms with Crippen molar-refractivity contribution >= 4 is 11.6 Å². The number of nitrogens with one attached hydrogen (secondary N) is 1. The first kappa shape index (κ1) is 21.2. The topological polar surface area (TPSA) is 69.0 Å². The standard InChI is InChI=1S/C24H23FN4O/c25-21-10-8-19(9-11-21)18-29(15-12-22-6-3-4-14-27-22)16-13-24(30)28-23-7-2-1-5-20(23)17-26/h1-11,14H,12-13,15-16,18H2,(H,28,30). The van der Waals surface area contributed by atoms with Crippen molar-refractivity contribution in [1.82, 2.24) is 9.88 Å². The molecule has 5 nitrogen and oxygen atoms in total. The summed E-state index contributed by atoms with van der Waals surface area (Å²) in [6.07, 6.45) is 2.80. The van der Waals surface area contributed by atoms with Crippen LogP contribution >= 0.6 is 0 Å². The highest BCUT2D eigenvalue weighted by molar-refractivity contribution is 5.92. The van der Waals surface area contributed by atoms with Crippen LogP contribution in [-0.2, 0) is 17.8 Å². The van der Waals surface area contributed by atoms with E-state index in [1.54, 1.807) is 42.6 Å². The van der Waals surface area contributed by atoms with Crippen molar-refractivity contribution < 1.29 is 9.18 Å². The monoisotopic (exact) mass is 402 g/mol. The van der Waals surface area contributed by atoms with Crippen LogP contribution in [0.15, 0.2) is 72.9 Å². The number of anilines is 1. The molecule has 0 atom stereocenters. The fourth-order valence-electron chi connectivity index (χ4n) is 3.10. The second-order valence-corrected chi connectivity index (χ2v) is 6.93. The maximum atomic E-state index is 13.2. The van der Waals surface area contributed by atoms with E-state index in [0.29, 0.717) is 24.3 Å². The van der Waals surface area contributed by atoms with Crippen molar-refractivity contribution in [2.45, 2.75) is 19.4 Å². The Morgan fingerprint density at radius 3 is 2.53 bits per heavy atom. The molecule has 0 unspecified atom stereocenters. The van der Waals surface area contributed by atoms with Crippen LogP contribution in [0.2, 0.25) is 0 Å². The van der Waals surface area contributed by atoms with Gasteiger partial charge in [-0.15, -0.1) is 0 Å². The molecule has 6 heteroatoms. The average molecular weight is 402 g/mol. The van der Waals surface area contributed by atoms with Crippen LogP contribution in [0.5, 0.6) is 0 Å². The molecule has 1 N–H and O–H groups in total. The Bertz CT molecular complexity index is 1000. The molecule has 0 saturated carbocycles. The Morgan fingerprint density at radius 2 is 1.80 bits per heavy atom. The number of pyridine rings is 1. The number of hydrogen-bond acceptors (Lipinski definition) is 4. The fourth-order valence-corrected chi connectivity index (χ4v) is 3.10. The van der Waals surface area contributed by atoms with Crippen LogP contribution in [0.4, 0.5) is 10.1 Å². The third-order valence-corrected chi connectivity index (χ3v) is 4.71. The number of nitriles is 1. The quantitative estimate of drug-likeness (QED) is 0.583. The summed E-state index contributed by atoms with van der Waals surface area (Å²) in [5, 5.41) is 12.0. The van der Waals surface area contributed by atoms with Crippen molar-refractivity contribution in [2.75, 3.05) is 18.4 Å². The molecule has 30 heavy (non-hydrogen) atoms. The lowest BCUT2D eigenvalue weighted by atomic mass is 10.1. The SMILES string of the molecule is N#Cc1ccccc1NC(=O)CCN(CCc1ccccn1)Cc1ccc(F)cc1. The molecule has 1 heterocycles. The van der Waals surface area contributed by atoms with Crippen LogP contribution < -0.4 is 5.32 Å². The van der Waals surface area contributed by atoms with E-state index in [9.17, 15) is 9.18 Å². The van der Waals surface area contributed by atoms with E-state index in [1.165, 1.54) is 12.1 Å². The van der Waals surface area contributed by atoms with E-state index in [2.05, 4.69) is 21.3 Å². The molecule has 0 aliphatic heterocycles. The Balaban J connectivity index is 1.61. The van der Waals surface area contributed by atoms with E-state index in [4.69, 9.17) is 5.26 Å². The lowest BCUT2D eigenvalue weighted by molar-refractivity contribution is -0.116. The Hall–Kier alpha value is -3.56. The Kier molecular flexibility index (Phi) is 7.64. The highest BCUT2D eigenvalue weighted by Gasteiger charge is 2.12. The number of halogens is 1. The van der Waals surface area contributed by atoms with E-state index in [0.717, 1.165) is 24.2 Å². The van der Waals surface area contributed by atoms with Gasteiger partial charge in [-0.05, 0) is 42.0 Å². The normalized spacial score (nSPS) is 10.6. The zero-order valence-electron chi connectivity index (χ0n) is 16.6. The van der Waals surface area contributed by atoms with E-state index in [-0.39, 0.29) is 18.1 Å². The second kappa shape index (κ2) is 10.8. The number of rotatable bonds is 9. The maximum absolute atomic E-state index is 13.2. The van der Waals surface area contributed by atoms with Crippen LogP contribution in [-0.4, -0.2) is 28.9 Å². The van der Waals surface area contributed by atoms with Crippen molar-refractivity contribution in [1.29, 1.82) is 5.26 Å². The third kappa shape index (κ3) is 6.50. The van der Waals surface area contributed by atoms with Gasteiger partial charge in [0.2, 0.25) is 5.91 Å². The number of amides is 1. The second-order valence-electron chi connectivity index (χ2n) is 6.93. The van der Waals surface area contributed by atoms with Gasteiger partial charge in [-0.25, -0.2) is 4.39 Å². The molecule has 1 amide bonds. The summed E-state index contributed by atoms with van der Waals surface area (Å²) in [6.45, 7) is 1.86. The number of carbonyl (C=O) groups is 1. The van der Waals surface area contributed by atoms with Gasteiger partial charge in [-0.2, -0.15) is 5.26 Å². The predicted octanol–water partition coefficient (Wildman–Crippen LogP) is 4.17. The van der Waals surface area contributed by atoms with Gasteiger partial charge in [-0.1, -0.05) is 30.3 Å². The summed E-state index contributed by atoms with van der Waals surface area (Å²) >= 11 is 0. The van der Waals surface area contributed by atoms with Crippen LogP contribution in [0.3, 0.4) is 0 Å². The van der Waals surface area contributed by atoms with Gasteiger partial charge >= 0.3 is 0 Å². The molecule has 0 spiro atoms. The van der Waals surface area contributed by atoms with Crippen LogP contribution in [0.1, 0.15) is 23.2 Å². The molecule has 2 aromatic carbocycles. The summed E-state index contributed by atoms with van der Waals surface area (Å²) in [4.78, 5) is 19.0. The van der Waals surface area contributed by atoms with Gasteiger partial charge in [0.05, 0.1) is 11.3 Å². The van der Waals surface area contributed by atoms with Crippen molar-refractivity contribution in [3.05, 3.63) is 95.6 Å². The van der Waals surface area contributed by atoms with Gasteiger partial charge in [0, 0.05) is 44.4 Å². The molecule has 0 aliphatic carbocycles. The summed E-state index contributed by atoms with van der Waals surface area (Å²) in [6, 6.07) is 21.2. The zero-order valence-corrected chi connectivity index (χ0v) is 16.6. The summed E-state index contributed by atoms with van der Waals surface area (Å²) in [7, 11) is 0. The number of carbonyl (C=O) groups excluding carboxylic acids is 1. The lowest BCUT2D eigenvalue weighted by Crippen LogP contribution is -2.30. The van der Waals surface area contributed by atoms with Crippen molar-refractivity contribution in [2.24, 2.45) is 0 Å². The van der Waals surface area contributed by atoms with Gasteiger partial charge in [0.1, 0.15) is 11.9 Å². The maximum Gasteiger partial charge on any atom is 0.225 e. The number of benzene rings is 2. The zero-order chi connectivity index (χ0) is 21.2. The van der Waals surface area contributed by atoms with Crippen LogP contribution in [0.25, 0.3) is 0 Å². The molecular formula is C24H23FN4O. The third-order valence-electron chi connectivity index (χ3n) is 4.71. The first-order valence-corrected chi connectivity index (χ1v) is 9.80. The number of nitrogens with zero attached hydrogens (tertiary/aromatic N) is 3. The molecule has 0 aliphatic rings. The molecule has 0 saturated heterocycles. The van der Waals surface area contributed by atoms with Crippen molar-refractivity contribution in [3.8, 4) is 6.07 Å². The first-order chi connectivity index (χ1) is 14.6. The average Bonchev–Trinajstić information content (AvgIpc) is 2.78. The molecule has 0 fully saturated rings. The van der Waals surface area contributed by atoms with E-state index >= 15 is 0 Å². The first-order valence-electron chi connectivity index (χ1n) is 9.80. The lowest BCUT2D eigenvalue weighted by Gasteiger charge is -2.22. The minimum Gasteiger partial charge on any atom is -0.325 e. The number of hydrogen-bond donors (Lipinski definition) is 1. The largest absolute Gasteiger partial charge is 0.325 e. The Morgan fingerprint density at radius 1 is 1.03 bits per heavy atom. The highest BCUT2D eigenvalue weighted by atomic mass is 19.1. The molecular weight excluding hydrogens is 379 g/mol. The van der Waals surface area contributed by atoms with Crippen LogP contribution in [0, 0.1) is 17.1 Å². The predicted molar refractivity (Wildman–Crippen MR) is 114 cm³/mol. The number of aromatic nitrogens is 1. The molecule has 0 bridgehead atoms. The van der Waals surface area contributed by atoms with Crippen molar-refractivity contribution in [3.63, 3.8) is 0 Å². The summed E-state index contributed by atoms with van der Waals surface area (Å²) in [5.41, 5.74) is 2.91. The summed E-state index contributed by atoms with van der Waals surface area (Å²) in [5.74, 6) is -0.422. The molecule has 3 aromatic rings. The fraction of sp³-hybridized carbons (Fsp3) is 0.208. The minimum absolute atomic E-state index is 0.153. The molecule has 152 valence electrons. The smallest absolute Gasteiger partial charge is 0.225 e. The Labute approximate surface area is 175 Å². The highest BCUT2D eigenvalue weighted by Crippen LogP contribution is 2.14. The molecule has 0 radical (unpaired) electrons. The summed E-state index contributed by atoms with van der Waals surface area (Å²) < 4.78 is 13.2. The minimum atomic E-state index is -0.269. The van der Waals surface area contributed by atoms with Gasteiger partial charge in [-0.3, -0.25) is 14.7 Å². The molecule has 1 aromatic heterocycles. The van der Waals surface area contributed by atoms with E-state index < -0.39 is 0 Å². The van der Waals surface area contributed by atoms with Gasteiger partial charge in [0.15, 0.2) is 0 Å². The van der Waals surface area contributed by atoms with E-state index in [1.807, 2.05) is 18.2 Å². The molecule has 3 rings (SSSR count). The van der Waals surface area contributed by atoms with Gasteiger partial charge in [0.25, 0.3) is 0 Å². The number of para-hydroxylation sites is 1. The van der Waals surface area contributed by atoms with Gasteiger partial charge < -0.3 is 5.32 Å².